The van der Waals surface area contributed by atoms with Crippen LogP contribution in [0.4, 0.5) is 0 Å². The molecule has 8 heteroatoms. The van der Waals surface area contributed by atoms with Crippen LogP contribution in [-0.4, -0.2) is 48.6 Å². The molecule has 1 aliphatic rings. The molecule has 43 heavy (non-hydrogen) atoms. The van der Waals surface area contributed by atoms with Crippen LogP contribution >= 0.6 is 0 Å². The van der Waals surface area contributed by atoms with Crippen LogP contribution in [-0.2, 0) is 24.9 Å². The first-order valence-corrected chi connectivity index (χ1v) is 15.0. The Morgan fingerprint density at radius 3 is 2.70 bits per heavy atom. The maximum absolute atomic E-state index is 12.7. The third-order valence-electron chi connectivity index (χ3n) is 9.17. The minimum Gasteiger partial charge on any atom is -0.486 e. The molecule has 5 aromatic rings. The van der Waals surface area contributed by atoms with E-state index in [1.54, 1.807) is 4.68 Å². The third kappa shape index (κ3) is 5.14. The van der Waals surface area contributed by atoms with Crippen molar-refractivity contribution >= 4 is 27.8 Å². The second-order valence-corrected chi connectivity index (χ2v) is 12.4. The first-order valence-electron chi connectivity index (χ1n) is 15.0. The number of pyridine rings is 1. The summed E-state index contributed by atoms with van der Waals surface area (Å²) in [6.07, 6.45) is 2.86. The molecule has 0 amide bonds. The molecule has 1 aliphatic heterocycles. The summed E-state index contributed by atoms with van der Waals surface area (Å²) in [4.78, 5) is 19.9. The largest absolute Gasteiger partial charge is 0.486 e. The monoisotopic (exact) mass is 577 g/mol. The van der Waals surface area contributed by atoms with Gasteiger partial charge in [0, 0.05) is 49.6 Å². The van der Waals surface area contributed by atoms with E-state index >= 15 is 0 Å². The van der Waals surface area contributed by atoms with Crippen molar-refractivity contribution in [1.82, 2.24) is 24.9 Å². The van der Waals surface area contributed by atoms with Crippen LogP contribution in [0, 0.1) is 19.3 Å². The zero-order valence-corrected chi connectivity index (χ0v) is 25.8. The summed E-state index contributed by atoms with van der Waals surface area (Å²) in [6, 6.07) is 18.7. The van der Waals surface area contributed by atoms with E-state index in [-0.39, 0.29) is 12.0 Å². The molecule has 0 saturated heterocycles. The van der Waals surface area contributed by atoms with Gasteiger partial charge < -0.3 is 9.84 Å². The molecule has 6 rings (SSSR count). The predicted molar refractivity (Wildman–Crippen MR) is 168 cm³/mol. The molecular weight excluding hydrogens is 538 g/mol. The summed E-state index contributed by atoms with van der Waals surface area (Å²) in [6.45, 7) is 12.1. The number of nitrogens with zero attached hydrogens (tertiary/aromatic N) is 5. The van der Waals surface area contributed by atoms with Crippen LogP contribution < -0.4 is 4.74 Å². The van der Waals surface area contributed by atoms with Gasteiger partial charge in [-0.15, -0.1) is 5.10 Å². The predicted octanol–water partition coefficient (Wildman–Crippen LogP) is 6.55. The van der Waals surface area contributed by atoms with Gasteiger partial charge in [0.2, 0.25) is 0 Å². The van der Waals surface area contributed by atoms with Crippen molar-refractivity contribution in [3.63, 3.8) is 0 Å². The lowest BCUT2D eigenvalue weighted by atomic mass is 9.69. The molecule has 0 saturated carbocycles. The normalized spacial score (nSPS) is 16.6. The third-order valence-corrected chi connectivity index (χ3v) is 9.17. The molecule has 1 unspecified atom stereocenters. The Balaban J connectivity index is 1.40. The van der Waals surface area contributed by atoms with Crippen LogP contribution in [0.1, 0.15) is 66.6 Å². The number of aryl methyl sites for hydroxylation is 3. The summed E-state index contributed by atoms with van der Waals surface area (Å²) in [7, 11) is 1.87. The Morgan fingerprint density at radius 1 is 1.14 bits per heavy atom. The van der Waals surface area contributed by atoms with E-state index in [9.17, 15) is 9.90 Å². The highest BCUT2D eigenvalue weighted by Gasteiger charge is 2.40. The zero-order chi connectivity index (χ0) is 30.5. The van der Waals surface area contributed by atoms with E-state index < -0.39 is 11.4 Å². The lowest BCUT2D eigenvalue weighted by Crippen LogP contribution is -2.33. The first-order chi connectivity index (χ1) is 20.6. The highest BCUT2D eigenvalue weighted by Crippen LogP contribution is 2.44. The number of hydrogen-bond donors (Lipinski definition) is 1. The van der Waals surface area contributed by atoms with Gasteiger partial charge in [0.1, 0.15) is 17.4 Å². The average Bonchev–Trinajstić information content (AvgIpc) is 3.26. The number of aromatic nitrogens is 4. The fraction of sp³-hybridized carbons (Fsp3) is 0.371. The number of aliphatic carboxylic acids is 1. The second-order valence-electron chi connectivity index (χ2n) is 12.4. The highest BCUT2D eigenvalue weighted by molar-refractivity contribution is 5.88. The Hall–Kier alpha value is -4.30. The van der Waals surface area contributed by atoms with Crippen molar-refractivity contribution in [2.24, 2.45) is 12.5 Å². The maximum atomic E-state index is 12.7. The smallest absolute Gasteiger partial charge is 0.310 e. The number of carbonyl (C=O) groups is 1. The van der Waals surface area contributed by atoms with Crippen LogP contribution in [0.15, 0.2) is 60.8 Å². The van der Waals surface area contributed by atoms with Gasteiger partial charge in [-0.05, 0) is 68.0 Å². The second kappa shape index (κ2) is 11.1. The fourth-order valence-corrected chi connectivity index (χ4v) is 6.48. The molecule has 0 fully saturated rings. The molecule has 2 aromatic heterocycles. The molecule has 0 spiro atoms. The number of benzene rings is 3. The van der Waals surface area contributed by atoms with Gasteiger partial charge in [-0.25, -0.2) is 4.68 Å². The van der Waals surface area contributed by atoms with Crippen molar-refractivity contribution in [2.75, 3.05) is 6.54 Å². The van der Waals surface area contributed by atoms with Gasteiger partial charge in [-0.2, -0.15) is 0 Å². The minimum atomic E-state index is -1.07. The molecule has 0 radical (unpaired) electrons. The maximum Gasteiger partial charge on any atom is 0.310 e. The Morgan fingerprint density at radius 2 is 1.93 bits per heavy atom. The quantitative estimate of drug-likeness (QED) is 0.234. The summed E-state index contributed by atoms with van der Waals surface area (Å²) < 4.78 is 8.32. The number of hydrogen-bond acceptors (Lipinski definition) is 6. The van der Waals surface area contributed by atoms with E-state index in [2.05, 4.69) is 59.4 Å². The molecule has 0 aliphatic carbocycles. The molecule has 222 valence electrons. The van der Waals surface area contributed by atoms with E-state index in [0.29, 0.717) is 13.1 Å². The Kier molecular flexibility index (Phi) is 7.42. The molecule has 3 aromatic carbocycles. The zero-order valence-electron chi connectivity index (χ0n) is 25.8. The number of carboxylic acids is 1. The molecule has 0 bridgehead atoms. The van der Waals surface area contributed by atoms with Gasteiger partial charge in [-0.1, -0.05) is 60.7 Å². The van der Waals surface area contributed by atoms with Crippen LogP contribution in [0.2, 0.25) is 0 Å². The average molecular weight is 578 g/mol. The van der Waals surface area contributed by atoms with Crippen molar-refractivity contribution in [3.05, 3.63) is 94.3 Å². The molecule has 2 atom stereocenters. The van der Waals surface area contributed by atoms with E-state index in [4.69, 9.17) is 9.72 Å². The van der Waals surface area contributed by atoms with Gasteiger partial charge in [0.25, 0.3) is 0 Å². The van der Waals surface area contributed by atoms with E-state index in [1.165, 1.54) is 11.1 Å². The molecular formula is C35H39N5O3. The SMILES string of the molecule is CC[C@H]1CN(Cc2cc(C(c3ccc4c(nnn4C)c3C)C(C)(C)C(=O)O)ccc2C)Cc2ncc3ccccc3c2O1. The van der Waals surface area contributed by atoms with Crippen molar-refractivity contribution < 1.29 is 14.6 Å². The van der Waals surface area contributed by atoms with Crippen molar-refractivity contribution in [1.29, 1.82) is 0 Å². The molecule has 8 nitrogen and oxygen atoms in total. The summed E-state index contributed by atoms with van der Waals surface area (Å²) in [5.74, 6) is -0.347. The molecule has 3 heterocycles. The standard InChI is InChI=1S/C35H39N5O3/c1-7-26-19-40(20-29-33(43-26)28-11-9-8-10-24(28)17-36-29)18-25-16-23(13-12-21(25)2)31(35(4,5)34(41)42)27-14-15-30-32(22(27)3)37-38-39(30)6/h8-17,26,31H,7,18-20H2,1-6H3,(H,41,42)/t26-,31?/m0/s1. The number of carboxylic acid groups (broad SMARTS) is 1. The van der Waals surface area contributed by atoms with Gasteiger partial charge in [0.05, 0.1) is 16.6 Å². The first kappa shape index (κ1) is 28.8. The number of ether oxygens (including phenoxy) is 1. The Labute approximate surface area is 252 Å². The topological polar surface area (TPSA) is 93.4 Å². The van der Waals surface area contributed by atoms with Crippen molar-refractivity contribution in [2.45, 2.75) is 66.2 Å². The van der Waals surface area contributed by atoms with Crippen LogP contribution in [0.5, 0.6) is 5.75 Å². The molecule has 1 N–H and O–H groups in total. The lowest BCUT2D eigenvalue weighted by molar-refractivity contribution is -0.147. The number of rotatable bonds is 7. The van der Waals surface area contributed by atoms with Crippen LogP contribution in [0.3, 0.4) is 0 Å². The number of fused-ring (bicyclic) bond motifs is 4. The van der Waals surface area contributed by atoms with Gasteiger partial charge >= 0.3 is 5.97 Å². The summed E-state index contributed by atoms with van der Waals surface area (Å²) in [5, 5.41) is 21.2. The summed E-state index contributed by atoms with van der Waals surface area (Å²) >= 11 is 0. The highest BCUT2D eigenvalue weighted by atomic mass is 16.5. The Bertz CT molecular complexity index is 1840. The van der Waals surface area contributed by atoms with Gasteiger partial charge in [-0.3, -0.25) is 14.7 Å². The minimum absolute atomic E-state index is 0.0393. The van der Waals surface area contributed by atoms with E-state index in [0.717, 1.165) is 62.9 Å². The lowest BCUT2D eigenvalue weighted by Gasteiger charge is -2.33. The van der Waals surface area contributed by atoms with Crippen molar-refractivity contribution in [3.8, 4) is 5.75 Å². The van der Waals surface area contributed by atoms with Crippen LogP contribution in [0.25, 0.3) is 21.8 Å². The summed E-state index contributed by atoms with van der Waals surface area (Å²) in [5.41, 5.74) is 6.82. The van der Waals surface area contributed by atoms with Gasteiger partial charge in [0.15, 0.2) is 0 Å². The van der Waals surface area contributed by atoms with E-state index in [1.807, 2.05) is 58.3 Å². The fourth-order valence-electron chi connectivity index (χ4n) is 6.48.